The quantitative estimate of drug-likeness (QED) is 0.848. The zero-order valence-corrected chi connectivity index (χ0v) is 11.4. The Morgan fingerprint density at radius 2 is 2.15 bits per heavy atom. The van der Waals surface area contributed by atoms with E-state index in [1.807, 2.05) is 43.3 Å². The van der Waals surface area contributed by atoms with Crippen LogP contribution in [0.5, 0.6) is 0 Å². The second-order valence-corrected chi connectivity index (χ2v) is 5.46. The fraction of sp³-hybridized carbons (Fsp3) is 0.438. The molecule has 2 aliphatic heterocycles. The molecule has 0 aromatic heterocycles. The highest BCUT2D eigenvalue weighted by Crippen LogP contribution is 2.41. The molecule has 0 unspecified atom stereocenters. The van der Waals surface area contributed by atoms with Crippen molar-refractivity contribution in [3.8, 4) is 0 Å². The molecule has 3 atom stereocenters. The Labute approximate surface area is 118 Å². The Hall–Kier alpha value is -1.49. The van der Waals surface area contributed by atoms with Gasteiger partial charge in [-0.15, -0.1) is 0 Å². The average Bonchev–Trinajstić information content (AvgIpc) is 2.71. The number of ether oxygens (including phenoxy) is 2. The standard InChI is InChI=1S/C16H18O4/c1-16-12(9-17)7-13(20-16)8-14(18)15(16)19-10-11-5-3-2-4-6-11/h2-7,13,15,17H,8-10H2,1H3/t13-,15+,16+/m1/s1. The SMILES string of the molecule is C[C@]12O[C@H](C=C1CO)CC(=O)[C@@H]2OCc1ccccc1. The average molecular weight is 274 g/mol. The molecule has 1 aromatic rings. The first-order valence-electron chi connectivity index (χ1n) is 6.81. The van der Waals surface area contributed by atoms with Gasteiger partial charge in [-0.1, -0.05) is 36.4 Å². The molecule has 106 valence electrons. The van der Waals surface area contributed by atoms with Crippen LogP contribution in [0.4, 0.5) is 0 Å². The fourth-order valence-electron chi connectivity index (χ4n) is 2.97. The first kappa shape index (κ1) is 13.5. The molecule has 1 N–H and O–H groups in total. The summed E-state index contributed by atoms with van der Waals surface area (Å²) in [6.07, 6.45) is 1.30. The largest absolute Gasteiger partial charge is 0.392 e. The molecule has 20 heavy (non-hydrogen) atoms. The lowest BCUT2D eigenvalue weighted by molar-refractivity contribution is -0.175. The normalized spacial score (nSPS) is 32.3. The molecule has 4 nitrogen and oxygen atoms in total. The molecule has 2 aliphatic rings. The topological polar surface area (TPSA) is 55.8 Å². The van der Waals surface area contributed by atoms with Gasteiger partial charge in [-0.2, -0.15) is 0 Å². The summed E-state index contributed by atoms with van der Waals surface area (Å²) in [6, 6.07) is 9.72. The van der Waals surface area contributed by atoms with Crippen molar-refractivity contribution >= 4 is 5.78 Å². The number of hydrogen-bond donors (Lipinski definition) is 1. The van der Waals surface area contributed by atoms with Crippen molar-refractivity contribution in [3.05, 3.63) is 47.5 Å². The van der Waals surface area contributed by atoms with Crippen molar-refractivity contribution in [1.29, 1.82) is 0 Å². The Kier molecular flexibility index (Phi) is 3.46. The number of benzene rings is 1. The summed E-state index contributed by atoms with van der Waals surface area (Å²) in [5.41, 5.74) is 0.925. The zero-order chi connectivity index (χ0) is 14.2. The third-order valence-electron chi connectivity index (χ3n) is 4.05. The van der Waals surface area contributed by atoms with E-state index in [0.717, 1.165) is 11.1 Å². The van der Waals surface area contributed by atoms with Gasteiger partial charge in [-0.05, 0) is 18.1 Å². The lowest BCUT2D eigenvalue weighted by Gasteiger charge is -2.38. The third kappa shape index (κ3) is 2.20. The molecule has 0 radical (unpaired) electrons. The van der Waals surface area contributed by atoms with Gasteiger partial charge >= 0.3 is 0 Å². The first-order chi connectivity index (χ1) is 9.63. The summed E-state index contributed by atoms with van der Waals surface area (Å²) in [5, 5.41) is 9.45. The molecule has 1 aromatic carbocycles. The molecular formula is C16H18O4. The highest BCUT2D eigenvalue weighted by molar-refractivity contribution is 5.87. The van der Waals surface area contributed by atoms with Gasteiger partial charge in [-0.25, -0.2) is 0 Å². The second-order valence-electron chi connectivity index (χ2n) is 5.46. The molecule has 1 fully saturated rings. The Morgan fingerprint density at radius 3 is 2.85 bits per heavy atom. The number of carbonyl (C=O) groups is 1. The van der Waals surface area contributed by atoms with Crippen LogP contribution in [-0.2, 0) is 20.9 Å². The van der Waals surface area contributed by atoms with Gasteiger partial charge in [0, 0.05) is 6.42 Å². The summed E-state index contributed by atoms with van der Waals surface area (Å²) in [4.78, 5) is 12.2. The minimum Gasteiger partial charge on any atom is -0.392 e. The molecule has 0 saturated carbocycles. The predicted octanol–water partition coefficient (Wildman–Crippen LogP) is 1.62. The van der Waals surface area contributed by atoms with Crippen LogP contribution in [0.3, 0.4) is 0 Å². The summed E-state index contributed by atoms with van der Waals surface area (Å²) in [6.45, 7) is 2.08. The van der Waals surface area contributed by atoms with E-state index in [4.69, 9.17) is 9.47 Å². The number of Topliss-reactive ketones (excluding diaryl/α,β-unsaturated/α-hetero) is 1. The maximum atomic E-state index is 12.2. The third-order valence-corrected chi connectivity index (χ3v) is 4.05. The van der Waals surface area contributed by atoms with Gasteiger partial charge in [0.05, 0.1) is 19.3 Å². The molecule has 0 amide bonds. The van der Waals surface area contributed by atoms with E-state index >= 15 is 0 Å². The van der Waals surface area contributed by atoms with Crippen molar-refractivity contribution in [3.63, 3.8) is 0 Å². The highest BCUT2D eigenvalue weighted by Gasteiger charge is 2.52. The number of aliphatic hydroxyl groups is 1. The van der Waals surface area contributed by atoms with Crippen molar-refractivity contribution in [2.45, 2.75) is 37.8 Å². The van der Waals surface area contributed by atoms with Crippen molar-refractivity contribution in [1.82, 2.24) is 0 Å². The fourth-order valence-corrected chi connectivity index (χ4v) is 2.97. The van der Waals surface area contributed by atoms with Gasteiger partial charge < -0.3 is 14.6 Å². The molecule has 4 heteroatoms. The van der Waals surface area contributed by atoms with Crippen LogP contribution in [0.2, 0.25) is 0 Å². The highest BCUT2D eigenvalue weighted by atomic mass is 16.6. The molecule has 1 saturated heterocycles. The van der Waals surface area contributed by atoms with Crippen LogP contribution >= 0.6 is 0 Å². The number of aliphatic hydroxyl groups excluding tert-OH is 1. The predicted molar refractivity (Wildman–Crippen MR) is 73.1 cm³/mol. The van der Waals surface area contributed by atoms with E-state index in [9.17, 15) is 9.90 Å². The van der Waals surface area contributed by atoms with Gasteiger partial charge in [0.1, 0.15) is 11.7 Å². The first-order valence-corrected chi connectivity index (χ1v) is 6.81. The Balaban J connectivity index is 1.77. The second kappa shape index (κ2) is 5.13. The van der Waals surface area contributed by atoms with E-state index in [1.165, 1.54) is 0 Å². The van der Waals surface area contributed by atoms with Crippen LogP contribution in [-0.4, -0.2) is 35.3 Å². The number of hydrogen-bond acceptors (Lipinski definition) is 4. The minimum absolute atomic E-state index is 0.0411. The number of ketones is 1. The van der Waals surface area contributed by atoms with Crippen LogP contribution in [0.1, 0.15) is 18.9 Å². The molecule has 0 spiro atoms. The maximum Gasteiger partial charge on any atom is 0.167 e. The smallest absolute Gasteiger partial charge is 0.167 e. The van der Waals surface area contributed by atoms with E-state index in [1.54, 1.807) is 0 Å². The summed E-state index contributed by atoms with van der Waals surface area (Å²) < 4.78 is 11.7. The molecule has 0 aliphatic carbocycles. The van der Waals surface area contributed by atoms with Gasteiger partial charge in [-0.3, -0.25) is 4.79 Å². The van der Waals surface area contributed by atoms with Crippen LogP contribution in [0.15, 0.2) is 42.0 Å². The molecule has 2 heterocycles. The van der Waals surface area contributed by atoms with E-state index in [-0.39, 0.29) is 18.5 Å². The lowest BCUT2D eigenvalue weighted by atomic mass is 9.88. The Bertz CT molecular complexity index is 537. The summed E-state index contributed by atoms with van der Waals surface area (Å²) >= 11 is 0. The van der Waals surface area contributed by atoms with E-state index in [2.05, 4.69) is 0 Å². The molecule has 2 bridgehead atoms. The van der Waals surface area contributed by atoms with Crippen LogP contribution in [0, 0.1) is 0 Å². The number of fused-ring (bicyclic) bond motifs is 2. The van der Waals surface area contributed by atoms with Gasteiger partial charge in [0.25, 0.3) is 0 Å². The van der Waals surface area contributed by atoms with Crippen LogP contribution in [0.25, 0.3) is 0 Å². The van der Waals surface area contributed by atoms with Crippen molar-refractivity contribution in [2.75, 3.05) is 6.61 Å². The van der Waals surface area contributed by atoms with E-state index < -0.39 is 11.7 Å². The maximum absolute atomic E-state index is 12.2. The van der Waals surface area contributed by atoms with E-state index in [0.29, 0.717) is 13.0 Å². The van der Waals surface area contributed by atoms with Crippen LogP contribution < -0.4 is 0 Å². The number of carbonyl (C=O) groups excluding carboxylic acids is 1. The summed E-state index contributed by atoms with van der Waals surface area (Å²) in [7, 11) is 0. The monoisotopic (exact) mass is 274 g/mol. The number of rotatable bonds is 4. The molecular weight excluding hydrogens is 256 g/mol. The van der Waals surface area contributed by atoms with Crippen molar-refractivity contribution < 1.29 is 19.4 Å². The lowest BCUT2D eigenvalue weighted by Crippen LogP contribution is -2.53. The zero-order valence-electron chi connectivity index (χ0n) is 11.4. The van der Waals surface area contributed by atoms with Crippen molar-refractivity contribution in [2.24, 2.45) is 0 Å². The van der Waals surface area contributed by atoms with Gasteiger partial charge in [0.2, 0.25) is 0 Å². The minimum atomic E-state index is -0.830. The Morgan fingerprint density at radius 1 is 1.40 bits per heavy atom. The molecule has 3 rings (SSSR count). The summed E-state index contributed by atoms with van der Waals surface area (Å²) in [5.74, 6) is 0.0411. The van der Waals surface area contributed by atoms with Gasteiger partial charge in [0.15, 0.2) is 5.78 Å².